The molecule has 1 N–H and O–H groups in total. The van der Waals surface area contributed by atoms with Gasteiger partial charge in [0.05, 0.1) is 19.0 Å². The Morgan fingerprint density at radius 2 is 1.56 bits per heavy atom. The van der Waals surface area contributed by atoms with E-state index in [4.69, 9.17) is 0 Å². The Hall–Kier alpha value is -0.353. The van der Waals surface area contributed by atoms with Gasteiger partial charge in [-0.15, -0.1) is 0 Å². The molecule has 1 unspecified atom stereocenters. The molecule has 0 radical (unpaired) electrons. The molecular weight excluding hydrogens is 216 g/mol. The fraction of sp³-hybridized carbons (Fsp3) is 0.917. The molecule has 0 fully saturated rings. The molecule has 0 bridgehead atoms. The van der Waals surface area contributed by atoms with Crippen molar-refractivity contribution in [3.63, 3.8) is 0 Å². The molecule has 1 atom stereocenters. The van der Waals surface area contributed by atoms with Crippen molar-refractivity contribution in [1.29, 1.82) is 0 Å². The first-order valence-corrected chi connectivity index (χ1v) is 8.84. The third-order valence-corrected chi connectivity index (χ3v) is 10.6. The van der Waals surface area contributed by atoms with E-state index in [1.807, 2.05) is 27.9 Å². The number of aliphatic hydroxyl groups is 1. The Balaban J connectivity index is 5.29. The van der Waals surface area contributed by atoms with Crippen LogP contribution in [-0.4, -0.2) is 43.2 Å². The van der Waals surface area contributed by atoms with Crippen LogP contribution in [-0.2, 0) is 0 Å². The second-order valence-electron chi connectivity index (χ2n) is 4.95. The summed E-state index contributed by atoms with van der Waals surface area (Å²) in [6, 6.07) is 3.31. The zero-order valence-corrected chi connectivity index (χ0v) is 13.0. The lowest BCUT2D eigenvalue weighted by Crippen LogP contribution is -2.60. The molecule has 3 nitrogen and oxygen atoms in total. The van der Waals surface area contributed by atoms with Crippen molar-refractivity contribution in [3.8, 4) is 0 Å². The minimum absolute atomic E-state index is 0.699. The first-order valence-electron chi connectivity index (χ1n) is 6.22. The normalized spacial score (nSPS) is 17.1. The summed E-state index contributed by atoms with van der Waals surface area (Å²) in [4.78, 5) is 0. The molecule has 16 heavy (non-hydrogen) atoms. The summed E-state index contributed by atoms with van der Waals surface area (Å²) in [7, 11) is 2.11. The van der Waals surface area contributed by atoms with Gasteiger partial charge in [0.25, 0.3) is 0 Å². The van der Waals surface area contributed by atoms with Crippen LogP contribution in [0.2, 0.25) is 18.1 Å². The van der Waals surface area contributed by atoms with Crippen molar-refractivity contribution < 1.29 is 5.11 Å². The molecular formula is C12H28N2OSi. The summed E-state index contributed by atoms with van der Waals surface area (Å²) in [5, 5.41) is 16.3. The molecule has 0 spiro atoms. The maximum Gasteiger partial charge on any atom is 0.0974 e. The molecule has 0 heterocycles. The molecule has 0 aromatic carbocycles. The lowest BCUT2D eigenvalue weighted by Gasteiger charge is -2.42. The smallest absolute Gasteiger partial charge is 0.0974 e. The summed E-state index contributed by atoms with van der Waals surface area (Å²) in [6.45, 7) is 10.5. The third-order valence-electron chi connectivity index (χ3n) is 4.12. The first-order chi connectivity index (χ1) is 7.27. The summed E-state index contributed by atoms with van der Waals surface area (Å²) in [5.74, 6) is 0. The van der Waals surface area contributed by atoms with E-state index in [1.54, 1.807) is 5.01 Å². The van der Waals surface area contributed by atoms with Gasteiger partial charge in [-0.2, -0.15) is 5.10 Å². The molecule has 0 amide bonds. The maximum atomic E-state index is 10.8. The van der Waals surface area contributed by atoms with Crippen LogP contribution >= 0.6 is 0 Å². The molecule has 0 aromatic heterocycles. The minimum Gasteiger partial charge on any atom is -0.388 e. The third kappa shape index (κ3) is 2.86. The van der Waals surface area contributed by atoms with Crippen LogP contribution < -0.4 is 0 Å². The summed E-state index contributed by atoms with van der Waals surface area (Å²) >= 11 is 0. The number of hydrazone groups is 1. The van der Waals surface area contributed by atoms with Gasteiger partial charge < -0.3 is 10.1 Å². The van der Waals surface area contributed by atoms with E-state index in [-0.39, 0.29) is 0 Å². The van der Waals surface area contributed by atoms with Crippen molar-refractivity contribution in [2.75, 3.05) is 14.1 Å². The Labute approximate surface area is 102 Å². The average molecular weight is 244 g/mol. The van der Waals surface area contributed by atoms with Gasteiger partial charge >= 0.3 is 0 Å². The Bertz CT molecular complexity index is 237. The fourth-order valence-electron chi connectivity index (χ4n) is 2.56. The highest BCUT2D eigenvalue weighted by Gasteiger charge is 2.47. The molecule has 0 aromatic rings. The second-order valence-corrected chi connectivity index (χ2v) is 10.6. The van der Waals surface area contributed by atoms with Crippen LogP contribution in [0.25, 0.3) is 0 Å². The second kappa shape index (κ2) is 5.82. The summed E-state index contributed by atoms with van der Waals surface area (Å²) < 4.78 is 0. The summed E-state index contributed by atoms with van der Waals surface area (Å²) in [6.07, 6.45) is 0. The average Bonchev–Trinajstić information content (AvgIpc) is 2.19. The molecule has 0 saturated heterocycles. The van der Waals surface area contributed by atoms with E-state index in [9.17, 15) is 5.11 Å². The fourth-order valence-corrected chi connectivity index (χ4v) is 6.95. The van der Waals surface area contributed by atoms with Gasteiger partial charge in [-0.05, 0) is 13.8 Å². The first kappa shape index (κ1) is 15.6. The number of rotatable bonds is 6. The Morgan fingerprint density at radius 1 is 1.19 bits per heavy atom. The van der Waals surface area contributed by atoms with Gasteiger partial charge in [0, 0.05) is 14.1 Å². The highest BCUT2D eigenvalue weighted by atomic mass is 28.3. The van der Waals surface area contributed by atoms with Crippen LogP contribution in [0.3, 0.4) is 0 Å². The van der Waals surface area contributed by atoms with Crippen molar-refractivity contribution in [1.82, 2.24) is 5.01 Å². The van der Waals surface area contributed by atoms with Crippen molar-refractivity contribution in [2.24, 2.45) is 5.10 Å². The monoisotopic (exact) mass is 244 g/mol. The lowest BCUT2D eigenvalue weighted by molar-refractivity contribution is 0.199. The molecule has 4 heteroatoms. The van der Waals surface area contributed by atoms with Gasteiger partial charge in [-0.25, -0.2) is 0 Å². The van der Waals surface area contributed by atoms with Gasteiger partial charge in [0.1, 0.15) is 0 Å². The van der Waals surface area contributed by atoms with Crippen molar-refractivity contribution in [3.05, 3.63) is 0 Å². The predicted molar refractivity (Wildman–Crippen MR) is 74.6 cm³/mol. The van der Waals surface area contributed by atoms with Crippen LogP contribution in [0, 0.1) is 0 Å². The van der Waals surface area contributed by atoms with E-state index in [1.165, 1.54) is 0 Å². The van der Waals surface area contributed by atoms with Gasteiger partial charge in [-0.1, -0.05) is 38.9 Å². The standard InChI is InChI=1S/C12H28N2OSi/c1-8-16(9-2,10-3)12(5,15)11(4)13-14(6)7/h15H,8-10H2,1-7H3. The van der Waals surface area contributed by atoms with Gasteiger partial charge in [0.15, 0.2) is 0 Å². The van der Waals surface area contributed by atoms with Gasteiger partial charge in [0.2, 0.25) is 0 Å². The largest absolute Gasteiger partial charge is 0.388 e. The lowest BCUT2D eigenvalue weighted by atomic mass is 10.2. The molecule has 0 saturated carbocycles. The van der Waals surface area contributed by atoms with Crippen LogP contribution in [0.1, 0.15) is 34.6 Å². The van der Waals surface area contributed by atoms with Crippen LogP contribution in [0.15, 0.2) is 5.10 Å². The van der Waals surface area contributed by atoms with Crippen LogP contribution in [0.5, 0.6) is 0 Å². The number of hydrogen-bond donors (Lipinski definition) is 1. The Morgan fingerprint density at radius 3 is 1.81 bits per heavy atom. The maximum absolute atomic E-state index is 10.8. The minimum atomic E-state index is -1.68. The van der Waals surface area contributed by atoms with Gasteiger partial charge in [-0.3, -0.25) is 0 Å². The van der Waals surface area contributed by atoms with E-state index < -0.39 is 13.3 Å². The number of nitrogens with zero attached hydrogens (tertiary/aromatic N) is 2. The molecule has 0 aliphatic heterocycles. The SMILES string of the molecule is CC[Si](CC)(CC)C(C)(O)C(C)=NN(C)C. The van der Waals surface area contributed by atoms with Crippen molar-refractivity contribution in [2.45, 2.75) is 58.0 Å². The predicted octanol–water partition coefficient (Wildman–Crippen LogP) is 2.72. The highest BCUT2D eigenvalue weighted by molar-refractivity contribution is 6.85. The topological polar surface area (TPSA) is 35.8 Å². The summed E-state index contributed by atoms with van der Waals surface area (Å²) in [5.41, 5.74) is 0.856. The van der Waals surface area contributed by atoms with E-state index in [0.717, 1.165) is 23.8 Å². The molecule has 0 aliphatic carbocycles. The van der Waals surface area contributed by atoms with Crippen LogP contribution in [0.4, 0.5) is 0 Å². The van der Waals surface area contributed by atoms with E-state index in [2.05, 4.69) is 25.9 Å². The quantitative estimate of drug-likeness (QED) is 0.443. The number of hydrogen-bond acceptors (Lipinski definition) is 3. The molecule has 96 valence electrons. The Kier molecular flexibility index (Phi) is 5.69. The zero-order valence-electron chi connectivity index (χ0n) is 12.0. The van der Waals surface area contributed by atoms with E-state index >= 15 is 0 Å². The zero-order chi connectivity index (χ0) is 13.0. The van der Waals surface area contributed by atoms with E-state index in [0.29, 0.717) is 0 Å². The highest BCUT2D eigenvalue weighted by Crippen LogP contribution is 2.33. The van der Waals surface area contributed by atoms with Crippen molar-refractivity contribution >= 4 is 13.8 Å². The molecule has 0 aliphatic rings. The molecule has 0 rings (SSSR count).